The molecule has 0 atom stereocenters. The normalized spacial score (nSPS) is 10.2. The number of rotatable bonds is 2. The van der Waals surface area contributed by atoms with E-state index in [1.807, 2.05) is 0 Å². The van der Waals surface area contributed by atoms with Gasteiger partial charge in [0.15, 0.2) is 0 Å². The zero-order chi connectivity index (χ0) is 11.5. The molecule has 82 valence electrons. The lowest BCUT2D eigenvalue weighted by atomic mass is 10.3. The minimum atomic E-state index is -0.382. The van der Waals surface area contributed by atoms with E-state index in [4.69, 9.17) is 23.2 Å². The van der Waals surface area contributed by atoms with Crippen LogP contribution < -0.4 is 5.32 Å². The molecule has 0 fully saturated rings. The molecule has 0 unspecified atom stereocenters. The van der Waals surface area contributed by atoms with Crippen LogP contribution in [-0.4, -0.2) is 9.97 Å². The number of nitrogens with one attached hydrogen (secondary N) is 1. The van der Waals surface area contributed by atoms with Crippen LogP contribution in [0.2, 0.25) is 10.2 Å². The fourth-order valence-corrected chi connectivity index (χ4v) is 1.44. The third-order valence-electron chi connectivity index (χ3n) is 1.82. The zero-order valence-electron chi connectivity index (χ0n) is 7.92. The van der Waals surface area contributed by atoms with Crippen molar-refractivity contribution < 1.29 is 4.39 Å². The largest absolute Gasteiger partial charge is 0.339 e. The van der Waals surface area contributed by atoms with Gasteiger partial charge in [-0.3, -0.25) is 0 Å². The van der Waals surface area contributed by atoms with E-state index >= 15 is 0 Å². The molecule has 0 bridgehead atoms. The van der Waals surface area contributed by atoms with E-state index in [1.54, 1.807) is 0 Å². The number of hydrogen-bond acceptors (Lipinski definition) is 3. The summed E-state index contributed by atoms with van der Waals surface area (Å²) < 4.78 is 13.0. The molecule has 1 aromatic carbocycles. The number of benzene rings is 1. The molecule has 2 aromatic rings. The Kier molecular flexibility index (Phi) is 3.22. The molecule has 0 aliphatic heterocycles. The fourth-order valence-electron chi connectivity index (χ4n) is 1.13. The molecule has 0 aliphatic rings. The Morgan fingerprint density at radius 1 is 1.12 bits per heavy atom. The maximum Gasteiger partial charge on any atom is 0.135 e. The van der Waals surface area contributed by atoms with Crippen LogP contribution in [0, 0.1) is 5.82 Å². The molecule has 3 nitrogen and oxygen atoms in total. The van der Waals surface area contributed by atoms with Crippen molar-refractivity contribution in [3.8, 4) is 0 Å². The fraction of sp³-hybridized carbons (Fsp3) is 0. The topological polar surface area (TPSA) is 37.8 Å². The Balaban J connectivity index is 2.30. The van der Waals surface area contributed by atoms with Crippen LogP contribution in [-0.2, 0) is 0 Å². The average Bonchev–Trinajstić information content (AvgIpc) is 2.24. The second-order valence-corrected chi connectivity index (χ2v) is 3.77. The molecule has 0 aliphatic carbocycles. The molecule has 0 radical (unpaired) electrons. The first-order valence-electron chi connectivity index (χ1n) is 4.35. The minimum Gasteiger partial charge on any atom is -0.339 e. The summed E-state index contributed by atoms with van der Waals surface area (Å²) in [7, 11) is 0. The van der Waals surface area contributed by atoms with Crippen LogP contribution in [0.3, 0.4) is 0 Å². The van der Waals surface area contributed by atoms with Gasteiger partial charge in [-0.25, -0.2) is 14.4 Å². The van der Waals surface area contributed by atoms with Gasteiger partial charge in [-0.1, -0.05) is 23.2 Å². The Hall–Kier alpha value is -1.39. The molecule has 6 heteroatoms. The minimum absolute atomic E-state index is 0.296. The number of anilines is 2. The molecule has 0 saturated carbocycles. The van der Waals surface area contributed by atoms with Gasteiger partial charge >= 0.3 is 0 Å². The SMILES string of the molecule is Fc1ccc(Cl)c(Nc2cc(Cl)ncn2)c1. The van der Waals surface area contributed by atoms with E-state index in [0.717, 1.165) is 0 Å². The monoisotopic (exact) mass is 257 g/mol. The number of hydrogen-bond donors (Lipinski definition) is 1. The number of halogens is 3. The highest BCUT2D eigenvalue weighted by molar-refractivity contribution is 6.33. The van der Waals surface area contributed by atoms with Crippen LogP contribution >= 0.6 is 23.2 Å². The Morgan fingerprint density at radius 3 is 2.69 bits per heavy atom. The van der Waals surface area contributed by atoms with Gasteiger partial charge < -0.3 is 5.32 Å². The molecule has 1 N–H and O–H groups in total. The summed E-state index contributed by atoms with van der Waals surface area (Å²) in [4.78, 5) is 7.65. The third-order valence-corrected chi connectivity index (χ3v) is 2.36. The Labute approximate surface area is 101 Å². The van der Waals surface area contributed by atoms with Crippen molar-refractivity contribution in [2.75, 3.05) is 5.32 Å². The van der Waals surface area contributed by atoms with E-state index in [0.29, 0.717) is 21.7 Å². The quantitative estimate of drug-likeness (QED) is 0.835. The highest BCUT2D eigenvalue weighted by atomic mass is 35.5. The lowest BCUT2D eigenvalue weighted by Crippen LogP contribution is -1.95. The van der Waals surface area contributed by atoms with Gasteiger partial charge in [0.1, 0.15) is 23.1 Å². The first-order valence-corrected chi connectivity index (χ1v) is 5.10. The highest BCUT2D eigenvalue weighted by Gasteiger charge is 2.03. The maximum atomic E-state index is 13.0. The average molecular weight is 258 g/mol. The van der Waals surface area contributed by atoms with E-state index in [-0.39, 0.29) is 5.82 Å². The summed E-state index contributed by atoms with van der Waals surface area (Å²) in [6, 6.07) is 5.53. The Bertz CT molecular complexity index is 519. The van der Waals surface area contributed by atoms with Crippen molar-refractivity contribution in [1.82, 2.24) is 9.97 Å². The maximum absolute atomic E-state index is 13.0. The van der Waals surface area contributed by atoms with Crippen molar-refractivity contribution in [1.29, 1.82) is 0 Å². The van der Waals surface area contributed by atoms with E-state index in [9.17, 15) is 4.39 Å². The third kappa shape index (κ3) is 2.59. The zero-order valence-corrected chi connectivity index (χ0v) is 9.43. The van der Waals surface area contributed by atoms with Crippen LogP contribution in [0.1, 0.15) is 0 Å². The second-order valence-electron chi connectivity index (χ2n) is 2.98. The molecule has 1 aromatic heterocycles. The number of aromatic nitrogens is 2. The van der Waals surface area contributed by atoms with Crippen LogP contribution in [0.5, 0.6) is 0 Å². The molecule has 0 spiro atoms. The van der Waals surface area contributed by atoms with Crippen molar-refractivity contribution in [2.45, 2.75) is 0 Å². The van der Waals surface area contributed by atoms with Gasteiger partial charge in [0, 0.05) is 6.07 Å². The van der Waals surface area contributed by atoms with Gasteiger partial charge in [-0.15, -0.1) is 0 Å². The predicted molar refractivity (Wildman–Crippen MR) is 61.7 cm³/mol. The Morgan fingerprint density at radius 2 is 1.94 bits per heavy atom. The van der Waals surface area contributed by atoms with E-state index < -0.39 is 0 Å². The standard InChI is InChI=1S/C10H6Cl2FN3/c11-7-2-1-6(13)3-8(7)16-10-4-9(12)14-5-15-10/h1-5H,(H,14,15,16). The number of nitrogens with zero attached hydrogens (tertiary/aromatic N) is 2. The van der Waals surface area contributed by atoms with E-state index in [2.05, 4.69) is 15.3 Å². The summed E-state index contributed by atoms with van der Waals surface area (Å²) in [5.41, 5.74) is 0.427. The lowest BCUT2D eigenvalue weighted by molar-refractivity contribution is 0.628. The van der Waals surface area contributed by atoms with Gasteiger partial charge in [-0.05, 0) is 18.2 Å². The van der Waals surface area contributed by atoms with Crippen molar-refractivity contribution in [3.05, 3.63) is 46.6 Å². The molecular weight excluding hydrogens is 252 g/mol. The lowest BCUT2D eigenvalue weighted by Gasteiger charge is -2.07. The van der Waals surface area contributed by atoms with Crippen LogP contribution in [0.4, 0.5) is 15.9 Å². The highest BCUT2D eigenvalue weighted by Crippen LogP contribution is 2.25. The molecular formula is C10H6Cl2FN3. The molecule has 0 saturated heterocycles. The smallest absolute Gasteiger partial charge is 0.135 e. The van der Waals surface area contributed by atoms with Crippen molar-refractivity contribution in [2.24, 2.45) is 0 Å². The summed E-state index contributed by atoms with van der Waals surface area (Å²) >= 11 is 11.6. The van der Waals surface area contributed by atoms with Gasteiger partial charge in [0.05, 0.1) is 10.7 Å². The first kappa shape index (κ1) is 11.1. The summed E-state index contributed by atoms with van der Waals surface area (Å²) in [6.07, 6.45) is 1.30. The van der Waals surface area contributed by atoms with Crippen LogP contribution in [0.15, 0.2) is 30.6 Å². The first-order chi connectivity index (χ1) is 7.65. The van der Waals surface area contributed by atoms with E-state index in [1.165, 1.54) is 30.6 Å². The van der Waals surface area contributed by atoms with Crippen molar-refractivity contribution in [3.63, 3.8) is 0 Å². The molecule has 0 amide bonds. The summed E-state index contributed by atoms with van der Waals surface area (Å²) in [5, 5.41) is 3.54. The van der Waals surface area contributed by atoms with Crippen LogP contribution in [0.25, 0.3) is 0 Å². The van der Waals surface area contributed by atoms with Gasteiger partial charge in [0.2, 0.25) is 0 Å². The van der Waals surface area contributed by atoms with Gasteiger partial charge in [0.25, 0.3) is 0 Å². The van der Waals surface area contributed by atoms with Gasteiger partial charge in [-0.2, -0.15) is 0 Å². The molecule has 2 rings (SSSR count). The molecule has 1 heterocycles. The molecule has 16 heavy (non-hydrogen) atoms. The predicted octanol–water partition coefficient (Wildman–Crippen LogP) is 3.67. The summed E-state index contributed by atoms with van der Waals surface area (Å²) in [6.45, 7) is 0. The van der Waals surface area contributed by atoms with Crippen molar-refractivity contribution >= 4 is 34.7 Å². The summed E-state index contributed by atoms with van der Waals surface area (Å²) in [5.74, 6) is 0.0690. The second kappa shape index (κ2) is 4.63.